The molecule has 4 aromatic rings. The standard InChI is InChI=1S/C27H25BrClN3O2/c1-17-5-7-18(8-6-17)16-34-24-12-9-19(13-22(24)29)15-30-32-25(33)21-14-20(28)10-11-23(21)31-26(32)27(2,3)4/h5-15H,16H2,1-4H3. The Kier molecular flexibility index (Phi) is 6.91. The quantitative estimate of drug-likeness (QED) is 0.260. The highest BCUT2D eigenvalue weighted by Crippen LogP contribution is 2.26. The third kappa shape index (κ3) is 5.40. The van der Waals surface area contributed by atoms with Gasteiger partial charge in [0.15, 0.2) is 0 Å². The highest BCUT2D eigenvalue weighted by Gasteiger charge is 2.22. The molecule has 0 aliphatic heterocycles. The number of aryl methyl sites for hydroxylation is 1. The molecule has 0 atom stereocenters. The second-order valence-corrected chi connectivity index (χ2v) is 10.5. The number of ether oxygens (including phenoxy) is 1. The van der Waals surface area contributed by atoms with Gasteiger partial charge in [-0.3, -0.25) is 4.79 Å². The molecule has 0 amide bonds. The van der Waals surface area contributed by atoms with Gasteiger partial charge < -0.3 is 4.74 Å². The zero-order valence-corrected chi connectivity index (χ0v) is 21.8. The lowest BCUT2D eigenvalue weighted by Gasteiger charge is -2.20. The van der Waals surface area contributed by atoms with Gasteiger partial charge in [0.1, 0.15) is 18.2 Å². The maximum atomic E-state index is 13.3. The first-order valence-corrected chi connectivity index (χ1v) is 12.0. The fourth-order valence-corrected chi connectivity index (χ4v) is 4.03. The highest BCUT2D eigenvalue weighted by molar-refractivity contribution is 9.10. The molecule has 0 bridgehead atoms. The van der Waals surface area contributed by atoms with Gasteiger partial charge >= 0.3 is 0 Å². The molecule has 7 heteroatoms. The molecule has 0 saturated heterocycles. The topological polar surface area (TPSA) is 56.5 Å². The van der Waals surface area contributed by atoms with E-state index in [9.17, 15) is 4.79 Å². The summed E-state index contributed by atoms with van der Waals surface area (Å²) in [7, 11) is 0. The van der Waals surface area contributed by atoms with E-state index in [1.54, 1.807) is 24.4 Å². The molecule has 0 aliphatic carbocycles. The number of benzene rings is 3. The summed E-state index contributed by atoms with van der Waals surface area (Å²) in [5.41, 5.74) is 3.04. The molecule has 174 valence electrons. The van der Waals surface area contributed by atoms with Crippen molar-refractivity contribution in [1.29, 1.82) is 0 Å². The summed E-state index contributed by atoms with van der Waals surface area (Å²) >= 11 is 9.89. The Hall–Kier alpha value is -2.96. The summed E-state index contributed by atoms with van der Waals surface area (Å²) in [6.07, 6.45) is 1.61. The fourth-order valence-electron chi connectivity index (χ4n) is 3.43. The van der Waals surface area contributed by atoms with Crippen molar-refractivity contribution >= 4 is 44.6 Å². The Balaban J connectivity index is 1.63. The molecule has 5 nitrogen and oxygen atoms in total. The van der Waals surface area contributed by atoms with Crippen LogP contribution in [0.4, 0.5) is 0 Å². The van der Waals surface area contributed by atoms with Gasteiger partial charge in [0.2, 0.25) is 0 Å². The van der Waals surface area contributed by atoms with Crippen LogP contribution < -0.4 is 10.3 Å². The molecular formula is C27H25BrClN3O2. The number of rotatable bonds is 5. The van der Waals surface area contributed by atoms with Gasteiger partial charge in [-0.15, -0.1) is 0 Å². The van der Waals surface area contributed by atoms with Crippen LogP contribution in [0.1, 0.15) is 43.3 Å². The minimum Gasteiger partial charge on any atom is -0.487 e. The molecule has 0 N–H and O–H groups in total. The van der Waals surface area contributed by atoms with Gasteiger partial charge in [-0.05, 0) is 54.4 Å². The molecule has 1 aromatic heterocycles. The molecule has 4 rings (SSSR count). The van der Waals surface area contributed by atoms with Crippen molar-refractivity contribution in [3.63, 3.8) is 0 Å². The summed E-state index contributed by atoms with van der Waals surface area (Å²) < 4.78 is 8.05. The number of hydrogen-bond acceptors (Lipinski definition) is 4. The molecule has 3 aromatic carbocycles. The average molecular weight is 539 g/mol. The maximum absolute atomic E-state index is 13.3. The van der Waals surface area contributed by atoms with Gasteiger partial charge in [-0.1, -0.05) is 78.1 Å². The van der Waals surface area contributed by atoms with Gasteiger partial charge in [-0.25, -0.2) is 4.98 Å². The van der Waals surface area contributed by atoms with Crippen LogP contribution in [0.5, 0.6) is 5.75 Å². The van der Waals surface area contributed by atoms with Crippen LogP contribution in [0.25, 0.3) is 10.9 Å². The zero-order valence-electron chi connectivity index (χ0n) is 19.5. The molecule has 0 spiro atoms. The van der Waals surface area contributed by atoms with Crippen LogP contribution in [0.2, 0.25) is 5.02 Å². The van der Waals surface area contributed by atoms with Crippen LogP contribution in [0.3, 0.4) is 0 Å². The lowest BCUT2D eigenvalue weighted by molar-refractivity contribution is 0.306. The molecule has 0 radical (unpaired) electrons. The van der Waals surface area contributed by atoms with Crippen LogP contribution in [0, 0.1) is 6.92 Å². The van der Waals surface area contributed by atoms with Crippen LogP contribution in [-0.4, -0.2) is 15.9 Å². The summed E-state index contributed by atoms with van der Waals surface area (Å²) in [6.45, 7) is 8.48. The van der Waals surface area contributed by atoms with Gasteiger partial charge in [0.25, 0.3) is 5.56 Å². The van der Waals surface area contributed by atoms with E-state index in [0.29, 0.717) is 34.1 Å². The number of hydrogen-bond donors (Lipinski definition) is 0. The van der Waals surface area contributed by atoms with E-state index in [0.717, 1.165) is 15.6 Å². The average Bonchev–Trinajstić information content (AvgIpc) is 2.78. The molecule has 0 saturated carbocycles. The van der Waals surface area contributed by atoms with Crippen molar-refractivity contribution in [3.8, 4) is 5.75 Å². The fraction of sp³-hybridized carbons (Fsp3) is 0.222. The smallest absolute Gasteiger partial charge is 0.282 e. The Morgan fingerprint density at radius 1 is 1.09 bits per heavy atom. The number of halogens is 2. The molecule has 0 aliphatic rings. The van der Waals surface area contributed by atoms with E-state index in [-0.39, 0.29) is 11.0 Å². The third-order valence-electron chi connectivity index (χ3n) is 5.27. The largest absolute Gasteiger partial charge is 0.487 e. The minimum atomic E-state index is -0.386. The number of fused-ring (bicyclic) bond motifs is 1. The zero-order chi connectivity index (χ0) is 24.5. The molecular weight excluding hydrogens is 514 g/mol. The summed E-state index contributed by atoms with van der Waals surface area (Å²) in [4.78, 5) is 18.0. The normalized spacial score (nSPS) is 11.9. The van der Waals surface area contributed by atoms with Gasteiger partial charge in [-0.2, -0.15) is 9.78 Å². The Morgan fingerprint density at radius 2 is 1.82 bits per heavy atom. The van der Waals surface area contributed by atoms with E-state index in [1.807, 2.05) is 70.2 Å². The van der Waals surface area contributed by atoms with Crippen LogP contribution in [0.15, 0.2) is 75.0 Å². The van der Waals surface area contributed by atoms with Crippen molar-refractivity contribution in [2.45, 2.75) is 39.7 Å². The van der Waals surface area contributed by atoms with E-state index in [1.165, 1.54) is 10.2 Å². The number of aromatic nitrogens is 2. The van der Waals surface area contributed by atoms with Gasteiger partial charge in [0.05, 0.1) is 22.1 Å². The molecule has 0 fully saturated rings. The lowest BCUT2D eigenvalue weighted by atomic mass is 9.95. The van der Waals surface area contributed by atoms with Crippen molar-refractivity contribution in [2.24, 2.45) is 5.10 Å². The summed E-state index contributed by atoms with van der Waals surface area (Å²) in [5, 5.41) is 5.47. The Labute approximate surface area is 212 Å². The summed E-state index contributed by atoms with van der Waals surface area (Å²) in [6, 6.07) is 19.1. The second-order valence-electron chi connectivity index (χ2n) is 9.17. The van der Waals surface area contributed by atoms with E-state index in [2.05, 4.69) is 21.0 Å². The predicted molar refractivity (Wildman–Crippen MR) is 142 cm³/mol. The first-order chi connectivity index (χ1) is 16.1. The molecule has 34 heavy (non-hydrogen) atoms. The minimum absolute atomic E-state index is 0.225. The first kappa shape index (κ1) is 24.2. The van der Waals surface area contributed by atoms with Gasteiger partial charge in [0, 0.05) is 9.89 Å². The van der Waals surface area contributed by atoms with Crippen LogP contribution in [-0.2, 0) is 12.0 Å². The molecule has 0 unspecified atom stereocenters. The van der Waals surface area contributed by atoms with Crippen molar-refractivity contribution in [2.75, 3.05) is 0 Å². The van der Waals surface area contributed by atoms with E-state index in [4.69, 9.17) is 21.3 Å². The van der Waals surface area contributed by atoms with Crippen molar-refractivity contribution < 1.29 is 4.74 Å². The van der Waals surface area contributed by atoms with Crippen molar-refractivity contribution in [1.82, 2.24) is 9.66 Å². The Bertz CT molecular complexity index is 1440. The summed E-state index contributed by atoms with van der Waals surface area (Å²) in [5.74, 6) is 1.16. The van der Waals surface area contributed by atoms with Crippen molar-refractivity contribution in [3.05, 3.63) is 103 Å². The maximum Gasteiger partial charge on any atom is 0.282 e. The second kappa shape index (κ2) is 9.72. The lowest BCUT2D eigenvalue weighted by Crippen LogP contribution is -2.29. The molecule has 1 heterocycles. The number of nitrogens with zero attached hydrogens (tertiary/aromatic N) is 3. The first-order valence-electron chi connectivity index (χ1n) is 10.9. The monoisotopic (exact) mass is 537 g/mol. The third-order valence-corrected chi connectivity index (χ3v) is 6.06. The van der Waals surface area contributed by atoms with E-state index >= 15 is 0 Å². The van der Waals surface area contributed by atoms with E-state index < -0.39 is 0 Å². The Morgan fingerprint density at radius 3 is 2.50 bits per heavy atom. The predicted octanol–water partition coefficient (Wildman–Crippen LogP) is 6.88. The van der Waals surface area contributed by atoms with Crippen LogP contribution >= 0.6 is 27.5 Å². The SMILES string of the molecule is Cc1ccc(COc2ccc(C=Nn3c(C(C)(C)C)nc4ccc(Br)cc4c3=O)cc2Cl)cc1. The highest BCUT2D eigenvalue weighted by atomic mass is 79.9.